The molecule has 3 amide bonds. The summed E-state index contributed by atoms with van der Waals surface area (Å²) in [5.74, 6) is -1.72. The number of rotatable bonds is 12. The molecule has 3 N–H and O–H groups in total. The van der Waals surface area contributed by atoms with Gasteiger partial charge in [-0.25, -0.2) is 9.78 Å². The van der Waals surface area contributed by atoms with Gasteiger partial charge in [0.1, 0.15) is 23.5 Å². The van der Waals surface area contributed by atoms with Gasteiger partial charge in [-0.3, -0.25) is 19.2 Å². The molecule has 12 heteroatoms. The van der Waals surface area contributed by atoms with Crippen molar-refractivity contribution < 1.29 is 28.7 Å². The van der Waals surface area contributed by atoms with Crippen LogP contribution in [0.5, 0.6) is 0 Å². The second-order valence-electron chi connectivity index (χ2n) is 10.0. The highest BCUT2D eigenvalue weighted by atomic mass is 32.2. The van der Waals surface area contributed by atoms with Crippen molar-refractivity contribution in [2.75, 3.05) is 12.0 Å². The van der Waals surface area contributed by atoms with Crippen LogP contribution in [-0.2, 0) is 30.5 Å². The molecule has 0 saturated carbocycles. The van der Waals surface area contributed by atoms with E-state index in [0.717, 1.165) is 19.3 Å². The van der Waals surface area contributed by atoms with Crippen molar-refractivity contribution in [2.45, 2.75) is 102 Å². The monoisotopic (exact) mass is 632 g/mol. The number of ether oxygens (including phenoxy) is 1. The summed E-state index contributed by atoms with van der Waals surface area (Å²) in [4.78, 5) is 69.1. The lowest BCUT2D eigenvalue weighted by Gasteiger charge is -2.21. The Morgan fingerprint density at radius 2 is 1.86 bits per heavy atom. The van der Waals surface area contributed by atoms with Gasteiger partial charge in [-0.15, -0.1) is 11.8 Å². The fourth-order valence-electron chi connectivity index (χ4n) is 4.18. The van der Waals surface area contributed by atoms with Gasteiger partial charge >= 0.3 is 5.97 Å². The van der Waals surface area contributed by atoms with E-state index in [1.165, 1.54) is 42.4 Å². The Labute approximate surface area is 263 Å². The molecule has 0 unspecified atom stereocenters. The SMILES string of the molecule is C/C=C1\NC(=O)c2nc(ccc2SC)CNC(=O)C[C@@H](/C=C/CCSC(=O)CCCCCCC)OC(=O)[C@H](CC)NC1=O. The van der Waals surface area contributed by atoms with Gasteiger partial charge in [0.05, 0.1) is 18.7 Å². The molecule has 2 atom stereocenters. The molecule has 0 radical (unpaired) electrons. The van der Waals surface area contributed by atoms with Crippen molar-refractivity contribution >= 4 is 52.3 Å². The van der Waals surface area contributed by atoms with Gasteiger partial charge in [-0.2, -0.15) is 0 Å². The topological polar surface area (TPSA) is 144 Å². The molecule has 0 aliphatic carbocycles. The maximum absolute atomic E-state index is 13.0. The van der Waals surface area contributed by atoms with Crippen LogP contribution < -0.4 is 16.0 Å². The molecule has 10 nitrogen and oxygen atoms in total. The minimum Gasteiger partial charge on any atom is -0.456 e. The summed E-state index contributed by atoms with van der Waals surface area (Å²) in [6.45, 7) is 5.53. The highest BCUT2D eigenvalue weighted by Gasteiger charge is 2.27. The summed E-state index contributed by atoms with van der Waals surface area (Å²) in [5, 5.41) is 8.14. The highest BCUT2D eigenvalue weighted by molar-refractivity contribution is 8.13. The minimum absolute atomic E-state index is 0.0274. The molecule has 236 valence electrons. The molecule has 43 heavy (non-hydrogen) atoms. The summed E-state index contributed by atoms with van der Waals surface area (Å²) in [6, 6.07) is 2.45. The predicted octanol–water partition coefficient (Wildman–Crippen LogP) is 4.83. The van der Waals surface area contributed by atoms with E-state index in [1.54, 1.807) is 38.1 Å². The van der Waals surface area contributed by atoms with Gasteiger partial charge in [0.25, 0.3) is 11.8 Å². The average Bonchev–Trinajstić information content (AvgIpc) is 3.00. The number of pyridine rings is 1. The zero-order valence-electron chi connectivity index (χ0n) is 25.5. The summed E-state index contributed by atoms with van der Waals surface area (Å²) in [6.07, 6.45) is 12.5. The first-order chi connectivity index (χ1) is 20.7. The molecule has 0 spiro atoms. The smallest absolute Gasteiger partial charge is 0.329 e. The van der Waals surface area contributed by atoms with Crippen molar-refractivity contribution in [1.82, 2.24) is 20.9 Å². The first-order valence-electron chi connectivity index (χ1n) is 14.8. The van der Waals surface area contributed by atoms with Crippen molar-refractivity contribution in [3.8, 4) is 0 Å². The zero-order chi connectivity index (χ0) is 31.6. The van der Waals surface area contributed by atoms with Crippen LogP contribution in [-0.4, -0.2) is 57.9 Å². The summed E-state index contributed by atoms with van der Waals surface area (Å²) >= 11 is 2.62. The maximum Gasteiger partial charge on any atom is 0.329 e. The van der Waals surface area contributed by atoms with Crippen LogP contribution in [0.3, 0.4) is 0 Å². The van der Waals surface area contributed by atoms with Crippen LogP contribution in [0.2, 0.25) is 0 Å². The number of carbonyl (C=O) groups excluding carboxylic acids is 5. The molecule has 0 saturated heterocycles. The average molecular weight is 633 g/mol. The summed E-state index contributed by atoms with van der Waals surface area (Å²) in [5.41, 5.74) is 0.552. The lowest BCUT2D eigenvalue weighted by Crippen LogP contribution is -2.46. The lowest BCUT2D eigenvalue weighted by molar-refractivity contribution is -0.151. The quantitative estimate of drug-likeness (QED) is 0.0971. The Morgan fingerprint density at radius 1 is 1.09 bits per heavy atom. The first-order valence-corrected chi connectivity index (χ1v) is 17.0. The molecule has 0 fully saturated rings. The number of carbonyl (C=O) groups is 5. The van der Waals surface area contributed by atoms with Gasteiger partial charge in [-0.05, 0) is 50.7 Å². The molecule has 1 aliphatic rings. The standard InChI is InChI=1S/C31H44N4O6S2/c1-5-8-9-10-11-15-27(37)43-18-13-12-14-22-19-26(36)32-20-21-16-17-25(42-4)28(33-21)30(39)34-23(6-2)29(38)35-24(7-3)31(40)41-22/h6,12,14,16-17,22,24H,5,7-11,13,15,18-20H2,1-4H3,(H,32,36)(H,34,39)(H,35,38)/b14-12+,23-6-/t22-,24+/m1/s1. The molecule has 1 aromatic rings. The third-order valence-electron chi connectivity index (χ3n) is 6.63. The van der Waals surface area contributed by atoms with Crippen molar-refractivity contribution in [3.63, 3.8) is 0 Å². The van der Waals surface area contributed by atoms with E-state index in [2.05, 4.69) is 27.9 Å². The highest BCUT2D eigenvalue weighted by Crippen LogP contribution is 2.20. The van der Waals surface area contributed by atoms with E-state index in [4.69, 9.17) is 4.74 Å². The van der Waals surface area contributed by atoms with Crippen LogP contribution in [0, 0.1) is 0 Å². The summed E-state index contributed by atoms with van der Waals surface area (Å²) in [7, 11) is 0. The Kier molecular flexibility index (Phi) is 16.7. The molecule has 1 aromatic heterocycles. The molecule has 2 heterocycles. The molecule has 1 aliphatic heterocycles. The van der Waals surface area contributed by atoms with Gasteiger partial charge in [-0.1, -0.05) is 63.4 Å². The predicted molar refractivity (Wildman–Crippen MR) is 170 cm³/mol. The van der Waals surface area contributed by atoms with Crippen molar-refractivity contribution in [2.24, 2.45) is 0 Å². The number of fused-ring (bicyclic) bond motifs is 2. The van der Waals surface area contributed by atoms with E-state index >= 15 is 0 Å². The number of cyclic esters (lactones) is 1. The van der Waals surface area contributed by atoms with E-state index in [9.17, 15) is 24.0 Å². The fraction of sp³-hybridized carbons (Fsp3) is 0.548. The Morgan fingerprint density at radius 3 is 2.56 bits per heavy atom. The van der Waals surface area contributed by atoms with Crippen LogP contribution in [0.25, 0.3) is 0 Å². The van der Waals surface area contributed by atoms with Gasteiger partial charge in [0.2, 0.25) is 5.91 Å². The fourth-order valence-corrected chi connectivity index (χ4v) is 5.48. The largest absolute Gasteiger partial charge is 0.456 e. The number of allylic oxidation sites excluding steroid dienone is 2. The van der Waals surface area contributed by atoms with Gasteiger partial charge < -0.3 is 20.7 Å². The second kappa shape index (κ2) is 20.0. The Bertz CT molecular complexity index is 1190. The first kappa shape index (κ1) is 36.1. The number of nitrogens with zero attached hydrogens (tertiary/aromatic N) is 1. The zero-order valence-corrected chi connectivity index (χ0v) is 27.2. The molecular weight excluding hydrogens is 588 g/mol. The Balaban J connectivity index is 2.15. The number of hydrogen-bond donors (Lipinski definition) is 3. The van der Waals surface area contributed by atoms with Gasteiger partial charge in [0.15, 0.2) is 5.12 Å². The van der Waals surface area contributed by atoms with Crippen LogP contribution in [0.4, 0.5) is 0 Å². The van der Waals surface area contributed by atoms with Crippen LogP contribution >= 0.6 is 23.5 Å². The van der Waals surface area contributed by atoms with E-state index in [-0.39, 0.29) is 41.8 Å². The summed E-state index contributed by atoms with van der Waals surface area (Å²) < 4.78 is 5.65. The Hall–Kier alpha value is -3.12. The molecular formula is C31H44N4O6S2. The number of thioether (sulfide) groups is 2. The van der Waals surface area contributed by atoms with Crippen molar-refractivity contribution in [3.05, 3.63) is 47.4 Å². The maximum atomic E-state index is 13.0. The minimum atomic E-state index is -1.00. The normalized spacial score (nSPS) is 19.6. The number of nitrogens with one attached hydrogen (secondary N) is 3. The van der Waals surface area contributed by atoms with Crippen LogP contribution in [0.1, 0.15) is 94.7 Å². The lowest BCUT2D eigenvalue weighted by atomic mass is 10.1. The number of aromatic nitrogens is 1. The number of amides is 3. The van der Waals surface area contributed by atoms with E-state index < -0.39 is 29.9 Å². The third kappa shape index (κ3) is 13.0. The third-order valence-corrected chi connectivity index (χ3v) is 8.37. The molecule has 2 rings (SSSR count). The van der Waals surface area contributed by atoms with E-state index in [0.29, 0.717) is 29.2 Å². The molecule has 2 bridgehead atoms. The number of unbranched alkanes of at least 4 members (excludes halogenated alkanes) is 4. The number of esters is 1. The van der Waals surface area contributed by atoms with E-state index in [1.807, 2.05) is 6.26 Å². The van der Waals surface area contributed by atoms with Crippen molar-refractivity contribution in [1.29, 1.82) is 0 Å². The number of hydrogen-bond acceptors (Lipinski definition) is 9. The second-order valence-corrected chi connectivity index (χ2v) is 12.0. The molecule has 0 aromatic carbocycles. The van der Waals surface area contributed by atoms with Crippen LogP contribution in [0.15, 0.2) is 41.0 Å². The van der Waals surface area contributed by atoms with Gasteiger partial charge in [0, 0.05) is 17.1 Å².